The van der Waals surface area contributed by atoms with Crippen LogP contribution in [-0.2, 0) is 11.2 Å². The maximum Gasteiger partial charge on any atom is 0.251 e. The number of aromatic nitrogens is 1. The minimum absolute atomic E-state index is 0.0383. The number of methoxy groups -OCH3 is 1. The highest BCUT2D eigenvalue weighted by Gasteiger charge is 2.16. The van der Waals surface area contributed by atoms with Gasteiger partial charge in [0.2, 0.25) is 6.41 Å². The van der Waals surface area contributed by atoms with Gasteiger partial charge in [0.1, 0.15) is 11.5 Å². The molecule has 0 aliphatic rings. The van der Waals surface area contributed by atoms with Gasteiger partial charge >= 0.3 is 0 Å². The summed E-state index contributed by atoms with van der Waals surface area (Å²) in [6.07, 6.45) is 8.47. The van der Waals surface area contributed by atoms with Crippen molar-refractivity contribution in [2.45, 2.75) is 71.3 Å². The van der Waals surface area contributed by atoms with E-state index in [2.05, 4.69) is 33.1 Å². The summed E-state index contributed by atoms with van der Waals surface area (Å²) in [5, 5.41) is 30.1. The maximum atomic E-state index is 13.0. The first-order valence-electron chi connectivity index (χ1n) is 18.1. The Balaban J connectivity index is 1.11. The van der Waals surface area contributed by atoms with Gasteiger partial charge in [-0.25, -0.2) is 0 Å². The van der Waals surface area contributed by atoms with Crippen molar-refractivity contribution in [3.8, 4) is 11.5 Å². The van der Waals surface area contributed by atoms with Gasteiger partial charge in [-0.1, -0.05) is 62.4 Å². The molecular weight excluding hydrogens is 668 g/mol. The fraction of sp³-hybridized carbons (Fsp3) is 0.302. The number of anilines is 3. The molecule has 4 aromatic carbocycles. The van der Waals surface area contributed by atoms with Crippen LogP contribution in [0.1, 0.15) is 101 Å². The zero-order chi connectivity index (χ0) is 37.7. The molecule has 2 amide bonds. The van der Waals surface area contributed by atoms with Crippen LogP contribution in [-0.4, -0.2) is 47.0 Å². The van der Waals surface area contributed by atoms with E-state index in [4.69, 9.17) is 4.74 Å². The highest BCUT2D eigenvalue weighted by molar-refractivity contribution is 6.08. The van der Waals surface area contributed by atoms with Gasteiger partial charge in [0.15, 0.2) is 5.78 Å². The molecule has 0 unspecified atom stereocenters. The first kappa shape index (κ1) is 38.5. The van der Waals surface area contributed by atoms with Gasteiger partial charge in [-0.2, -0.15) is 0 Å². The normalized spacial score (nSPS) is 11.5. The number of fused-ring (bicyclic) bond motifs is 1. The third-order valence-electron chi connectivity index (χ3n) is 9.35. The number of ketones is 1. The number of rotatable bonds is 19. The quantitative estimate of drug-likeness (QED) is 0.0247. The highest BCUT2D eigenvalue weighted by Crippen LogP contribution is 2.34. The minimum atomic E-state index is -0.660. The number of unbranched alkanes of at least 4 members (excludes halogenated alkanes) is 5. The number of amides is 2. The monoisotopic (exact) mass is 716 g/mol. The molecule has 10 heteroatoms. The van der Waals surface area contributed by atoms with Crippen LogP contribution < -0.4 is 20.7 Å². The van der Waals surface area contributed by atoms with Crippen molar-refractivity contribution < 1.29 is 29.3 Å². The van der Waals surface area contributed by atoms with E-state index in [1.54, 1.807) is 25.4 Å². The standard InChI is InChI=1S/C43H48N4O6/c1-28-20-31(23-36-41(28)45-26-37(29(2)49)42(36)47-34-14-11-15-35(25-34)53-3)21-30-12-10-13-33(22-30)43(52)44-19-9-7-5-4-6-8-16-39(50)32-17-18-40(51)38(24-32)46-27-48/h10-15,17-18,20,22-27,39,50-51H,4-9,16,19,21H2,1-3H3,(H,44,52)(H,45,47)(H,46,48)/t39-/m0/s1. The predicted octanol–water partition coefficient (Wildman–Crippen LogP) is 8.56. The smallest absolute Gasteiger partial charge is 0.251 e. The van der Waals surface area contributed by atoms with Crippen LogP contribution >= 0.6 is 0 Å². The van der Waals surface area contributed by atoms with Crippen molar-refractivity contribution in [3.63, 3.8) is 0 Å². The molecular formula is C43H48N4O6. The zero-order valence-electron chi connectivity index (χ0n) is 30.6. The van der Waals surface area contributed by atoms with E-state index in [1.165, 1.54) is 13.0 Å². The van der Waals surface area contributed by atoms with Crippen LogP contribution in [0.5, 0.6) is 11.5 Å². The number of phenols is 1. The predicted molar refractivity (Wildman–Crippen MR) is 209 cm³/mol. The first-order chi connectivity index (χ1) is 25.7. The molecule has 1 atom stereocenters. The molecule has 1 aromatic heterocycles. The summed E-state index contributed by atoms with van der Waals surface area (Å²) in [7, 11) is 1.62. The number of benzene rings is 4. The largest absolute Gasteiger partial charge is 0.506 e. The number of carbonyl (C=O) groups is 3. The lowest BCUT2D eigenvalue weighted by molar-refractivity contribution is -0.105. The number of aromatic hydroxyl groups is 1. The number of pyridine rings is 1. The van der Waals surface area contributed by atoms with Crippen molar-refractivity contribution in [1.29, 1.82) is 0 Å². The van der Waals surface area contributed by atoms with E-state index >= 15 is 0 Å². The SMILES string of the molecule is COc1cccc(Nc2c(C(C)=O)cnc3c(C)cc(Cc4cccc(C(=O)NCCCCCCCC[C@H](O)c5ccc(O)c(NC=O)c5)c4)cc23)c1. The Morgan fingerprint density at radius 1 is 0.906 bits per heavy atom. The fourth-order valence-corrected chi connectivity index (χ4v) is 6.54. The van der Waals surface area contributed by atoms with Gasteiger partial charge < -0.3 is 30.9 Å². The van der Waals surface area contributed by atoms with Crippen LogP contribution in [0.4, 0.5) is 17.1 Å². The van der Waals surface area contributed by atoms with Gasteiger partial charge in [-0.15, -0.1) is 0 Å². The number of Topliss-reactive ketones (excluding diaryl/α,β-unsaturated/α-hetero) is 1. The molecule has 276 valence electrons. The molecule has 0 aliphatic carbocycles. The molecule has 0 radical (unpaired) electrons. The number of ether oxygens (including phenoxy) is 1. The molecule has 10 nitrogen and oxygen atoms in total. The number of nitrogens with zero attached hydrogens (tertiary/aromatic N) is 1. The summed E-state index contributed by atoms with van der Waals surface area (Å²) in [6, 6.07) is 24.1. The number of aryl methyl sites for hydroxylation is 1. The molecule has 0 bridgehead atoms. The second-order valence-corrected chi connectivity index (χ2v) is 13.4. The van der Waals surface area contributed by atoms with Gasteiger partial charge in [0, 0.05) is 35.4 Å². The van der Waals surface area contributed by atoms with Crippen LogP contribution in [0.3, 0.4) is 0 Å². The van der Waals surface area contributed by atoms with E-state index in [1.807, 2.05) is 55.5 Å². The highest BCUT2D eigenvalue weighted by atomic mass is 16.5. The second kappa shape index (κ2) is 18.7. The summed E-state index contributed by atoms with van der Waals surface area (Å²) in [5.74, 6) is 0.481. The van der Waals surface area contributed by atoms with Gasteiger partial charge in [0.25, 0.3) is 5.91 Å². The lowest BCUT2D eigenvalue weighted by atomic mass is 9.96. The zero-order valence-corrected chi connectivity index (χ0v) is 30.6. The van der Waals surface area contributed by atoms with Gasteiger partial charge in [0.05, 0.1) is 35.7 Å². The Labute approximate surface area is 310 Å². The Morgan fingerprint density at radius 3 is 2.45 bits per heavy atom. The van der Waals surface area contributed by atoms with Crippen LogP contribution in [0.25, 0.3) is 10.9 Å². The lowest BCUT2D eigenvalue weighted by Gasteiger charge is -2.16. The van der Waals surface area contributed by atoms with Crippen LogP contribution in [0.15, 0.2) is 85.1 Å². The van der Waals surface area contributed by atoms with Crippen molar-refractivity contribution in [3.05, 3.63) is 118 Å². The Kier molecular flexibility index (Phi) is 13.6. The summed E-state index contributed by atoms with van der Waals surface area (Å²) in [6.45, 7) is 4.15. The van der Waals surface area contributed by atoms with Crippen LogP contribution in [0, 0.1) is 6.92 Å². The number of aliphatic hydroxyl groups excluding tert-OH is 1. The lowest BCUT2D eigenvalue weighted by Crippen LogP contribution is -2.24. The molecule has 0 spiro atoms. The van der Waals surface area contributed by atoms with Gasteiger partial charge in [-0.3, -0.25) is 19.4 Å². The molecule has 0 aliphatic heterocycles. The van der Waals surface area contributed by atoms with E-state index < -0.39 is 6.10 Å². The average molecular weight is 717 g/mol. The number of hydrogen-bond acceptors (Lipinski definition) is 8. The van der Waals surface area contributed by atoms with E-state index in [9.17, 15) is 24.6 Å². The number of carbonyl (C=O) groups excluding carboxylic acids is 3. The number of hydrogen-bond donors (Lipinski definition) is 5. The number of phenolic OH excluding ortho intramolecular Hbond substituents is 1. The third-order valence-corrected chi connectivity index (χ3v) is 9.35. The molecule has 5 N–H and O–H groups in total. The second-order valence-electron chi connectivity index (χ2n) is 13.4. The Morgan fingerprint density at radius 2 is 1.68 bits per heavy atom. The Bertz CT molecular complexity index is 2060. The summed E-state index contributed by atoms with van der Waals surface area (Å²) in [5.41, 5.74) is 7.40. The van der Waals surface area contributed by atoms with Crippen LogP contribution in [0.2, 0.25) is 0 Å². The minimum Gasteiger partial charge on any atom is -0.506 e. The van der Waals surface area contributed by atoms with E-state index in [0.29, 0.717) is 53.9 Å². The number of aliphatic hydroxyl groups is 1. The number of nitrogens with one attached hydrogen (secondary N) is 3. The topological polar surface area (TPSA) is 150 Å². The third kappa shape index (κ3) is 10.4. The molecule has 53 heavy (non-hydrogen) atoms. The van der Waals surface area contributed by atoms with Gasteiger partial charge in [-0.05, 0) is 97.8 Å². The van der Waals surface area contributed by atoms with Crippen molar-refractivity contribution in [2.75, 3.05) is 24.3 Å². The first-order valence-corrected chi connectivity index (χ1v) is 18.1. The molecule has 0 saturated heterocycles. The molecule has 5 rings (SSSR count). The summed E-state index contributed by atoms with van der Waals surface area (Å²) < 4.78 is 5.40. The summed E-state index contributed by atoms with van der Waals surface area (Å²) >= 11 is 0. The molecule has 0 fully saturated rings. The van der Waals surface area contributed by atoms with Crippen molar-refractivity contribution in [2.24, 2.45) is 0 Å². The molecule has 5 aromatic rings. The average Bonchev–Trinajstić information content (AvgIpc) is 3.15. The summed E-state index contributed by atoms with van der Waals surface area (Å²) in [4.78, 5) is 41.1. The van der Waals surface area contributed by atoms with Crippen molar-refractivity contribution >= 4 is 46.1 Å². The van der Waals surface area contributed by atoms with E-state index in [-0.39, 0.29) is 23.1 Å². The maximum absolute atomic E-state index is 13.0. The Hall–Kier alpha value is -5.74. The molecule has 1 heterocycles. The van der Waals surface area contributed by atoms with Crippen molar-refractivity contribution in [1.82, 2.24) is 10.3 Å². The van der Waals surface area contributed by atoms with E-state index in [0.717, 1.165) is 71.8 Å². The molecule has 0 saturated carbocycles. The fourth-order valence-electron chi connectivity index (χ4n) is 6.54.